The van der Waals surface area contributed by atoms with Gasteiger partial charge < -0.3 is 10.6 Å². The van der Waals surface area contributed by atoms with E-state index in [4.69, 9.17) is 11.1 Å². The summed E-state index contributed by atoms with van der Waals surface area (Å²) in [6, 6.07) is 6.59. The molecule has 0 unspecified atom stereocenters. The molecule has 0 bridgehead atoms. The number of benzene rings is 1. The first-order chi connectivity index (χ1) is 9.38. The van der Waals surface area contributed by atoms with E-state index in [9.17, 15) is 0 Å². The van der Waals surface area contributed by atoms with Crippen LogP contribution in [0.1, 0.15) is 40.2 Å². The second kappa shape index (κ2) is 7.58. The third-order valence-corrected chi connectivity index (χ3v) is 4.01. The Morgan fingerprint density at radius 3 is 2.40 bits per heavy atom. The van der Waals surface area contributed by atoms with Crippen LogP contribution in [0.2, 0.25) is 0 Å². The van der Waals surface area contributed by atoms with Crippen molar-refractivity contribution in [3.63, 3.8) is 0 Å². The van der Waals surface area contributed by atoms with Crippen molar-refractivity contribution in [3.8, 4) is 0 Å². The SMILES string of the molecule is CCSc1cccc(N(CC(C)C)C(C)C)c1C(=N)N. The topological polar surface area (TPSA) is 53.1 Å². The summed E-state index contributed by atoms with van der Waals surface area (Å²) in [5, 5.41) is 7.95. The highest BCUT2D eigenvalue weighted by Gasteiger charge is 2.19. The monoisotopic (exact) mass is 293 g/mol. The van der Waals surface area contributed by atoms with Gasteiger partial charge in [-0.15, -0.1) is 11.8 Å². The van der Waals surface area contributed by atoms with Crippen molar-refractivity contribution in [1.82, 2.24) is 0 Å². The molecule has 3 N–H and O–H groups in total. The van der Waals surface area contributed by atoms with Gasteiger partial charge in [0, 0.05) is 23.2 Å². The molecule has 0 spiro atoms. The van der Waals surface area contributed by atoms with Crippen molar-refractivity contribution < 1.29 is 0 Å². The summed E-state index contributed by atoms with van der Waals surface area (Å²) in [5.74, 6) is 1.71. The van der Waals surface area contributed by atoms with Gasteiger partial charge >= 0.3 is 0 Å². The van der Waals surface area contributed by atoms with Gasteiger partial charge in [0.1, 0.15) is 5.84 Å². The van der Waals surface area contributed by atoms with Gasteiger partial charge in [0.15, 0.2) is 0 Å². The summed E-state index contributed by atoms with van der Waals surface area (Å²) in [6.45, 7) is 11.9. The minimum absolute atomic E-state index is 0.158. The number of anilines is 1. The minimum Gasteiger partial charge on any atom is -0.384 e. The number of rotatable bonds is 7. The molecular weight excluding hydrogens is 266 g/mol. The highest BCUT2D eigenvalue weighted by atomic mass is 32.2. The maximum absolute atomic E-state index is 7.95. The molecule has 0 aromatic heterocycles. The van der Waals surface area contributed by atoms with Crippen LogP contribution in [0.15, 0.2) is 23.1 Å². The van der Waals surface area contributed by atoms with E-state index in [-0.39, 0.29) is 5.84 Å². The molecular formula is C16H27N3S. The summed E-state index contributed by atoms with van der Waals surface area (Å²) >= 11 is 1.74. The van der Waals surface area contributed by atoms with Crippen LogP contribution in [0.3, 0.4) is 0 Å². The first kappa shape index (κ1) is 16.9. The van der Waals surface area contributed by atoms with Crippen molar-refractivity contribution in [2.45, 2.75) is 45.6 Å². The zero-order valence-electron chi connectivity index (χ0n) is 13.2. The third kappa shape index (κ3) is 4.17. The second-order valence-corrected chi connectivity index (χ2v) is 6.94. The lowest BCUT2D eigenvalue weighted by Gasteiger charge is -2.33. The Morgan fingerprint density at radius 1 is 1.30 bits per heavy atom. The zero-order valence-corrected chi connectivity index (χ0v) is 14.1. The highest BCUT2D eigenvalue weighted by Crippen LogP contribution is 2.32. The Bertz CT molecular complexity index is 455. The molecule has 0 aliphatic heterocycles. The second-order valence-electron chi connectivity index (χ2n) is 5.64. The molecule has 3 nitrogen and oxygen atoms in total. The summed E-state index contributed by atoms with van der Waals surface area (Å²) in [4.78, 5) is 3.45. The molecule has 0 saturated heterocycles. The van der Waals surface area contributed by atoms with Gasteiger partial charge in [0.05, 0.1) is 5.56 Å². The van der Waals surface area contributed by atoms with E-state index in [0.717, 1.165) is 28.4 Å². The van der Waals surface area contributed by atoms with E-state index >= 15 is 0 Å². The summed E-state index contributed by atoms with van der Waals surface area (Å²) in [6.07, 6.45) is 0. The molecule has 0 amide bonds. The van der Waals surface area contributed by atoms with Crippen LogP contribution in [-0.4, -0.2) is 24.2 Å². The largest absolute Gasteiger partial charge is 0.384 e. The summed E-state index contributed by atoms with van der Waals surface area (Å²) in [7, 11) is 0. The molecule has 0 heterocycles. The van der Waals surface area contributed by atoms with E-state index in [1.807, 2.05) is 0 Å². The molecule has 112 valence electrons. The summed E-state index contributed by atoms with van der Waals surface area (Å²) in [5.41, 5.74) is 7.82. The maximum atomic E-state index is 7.95. The molecule has 0 saturated carbocycles. The third-order valence-electron chi connectivity index (χ3n) is 3.07. The minimum atomic E-state index is 0.158. The lowest BCUT2D eigenvalue weighted by Crippen LogP contribution is -2.36. The Kier molecular flexibility index (Phi) is 6.40. The molecule has 0 aliphatic rings. The van der Waals surface area contributed by atoms with Gasteiger partial charge in [0.25, 0.3) is 0 Å². The van der Waals surface area contributed by atoms with Gasteiger partial charge in [0.2, 0.25) is 0 Å². The molecule has 0 aliphatic carbocycles. The Labute approximate surface area is 127 Å². The van der Waals surface area contributed by atoms with Crippen molar-refractivity contribution in [1.29, 1.82) is 5.41 Å². The fourth-order valence-electron chi connectivity index (χ4n) is 2.29. The standard InChI is InChI=1S/C16H27N3S/c1-6-20-14-9-7-8-13(15(14)16(17)18)19(12(4)5)10-11(2)3/h7-9,11-12H,6,10H2,1-5H3,(H3,17,18). The lowest BCUT2D eigenvalue weighted by atomic mass is 10.1. The van der Waals surface area contributed by atoms with Gasteiger partial charge in [-0.2, -0.15) is 0 Å². The van der Waals surface area contributed by atoms with Crippen molar-refractivity contribution in [3.05, 3.63) is 23.8 Å². The number of nitrogen functional groups attached to an aromatic ring is 1. The highest BCUT2D eigenvalue weighted by molar-refractivity contribution is 7.99. The van der Waals surface area contributed by atoms with E-state index < -0.39 is 0 Å². The van der Waals surface area contributed by atoms with Crippen LogP contribution in [0, 0.1) is 11.3 Å². The lowest BCUT2D eigenvalue weighted by molar-refractivity contribution is 0.570. The van der Waals surface area contributed by atoms with Crippen LogP contribution in [0.25, 0.3) is 0 Å². The van der Waals surface area contributed by atoms with E-state index in [1.54, 1.807) is 11.8 Å². The van der Waals surface area contributed by atoms with Crippen LogP contribution < -0.4 is 10.6 Å². The number of nitrogens with zero attached hydrogens (tertiary/aromatic N) is 1. The molecule has 1 rings (SSSR count). The molecule has 20 heavy (non-hydrogen) atoms. The molecule has 0 atom stereocenters. The van der Waals surface area contributed by atoms with Crippen LogP contribution in [0.4, 0.5) is 5.69 Å². The quantitative estimate of drug-likeness (QED) is 0.454. The fraction of sp³-hybridized carbons (Fsp3) is 0.562. The molecule has 0 radical (unpaired) electrons. The van der Waals surface area contributed by atoms with Crippen LogP contribution >= 0.6 is 11.8 Å². The van der Waals surface area contributed by atoms with E-state index in [1.165, 1.54) is 0 Å². The summed E-state index contributed by atoms with van der Waals surface area (Å²) < 4.78 is 0. The van der Waals surface area contributed by atoms with Crippen molar-refractivity contribution >= 4 is 23.3 Å². The Balaban J connectivity index is 3.33. The normalized spacial score (nSPS) is 11.2. The molecule has 1 aromatic carbocycles. The number of nitrogens with one attached hydrogen (secondary N) is 1. The van der Waals surface area contributed by atoms with Gasteiger partial charge in [-0.3, -0.25) is 5.41 Å². The average molecular weight is 293 g/mol. The van der Waals surface area contributed by atoms with Crippen LogP contribution in [0.5, 0.6) is 0 Å². The zero-order chi connectivity index (χ0) is 15.3. The Hall–Kier alpha value is -1.16. The molecule has 1 aromatic rings. The molecule has 4 heteroatoms. The number of hydrogen-bond donors (Lipinski definition) is 2. The van der Waals surface area contributed by atoms with E-state index in [2.05, 4.69) is 57.7 Å². The maximum Gasteiger partial charge on any atom is 0.126 e. The smallest absolute Gasteiger partial charge is 0.126 e. The van der Waals surface area contributed by atoms with Crippen LogP contribution in [-0.2, 0) is 0 Å². The van der Waals surface area contributed by atoms with Gasteiger partial charge in [-0.1, -0.05) is 26.8 Å². The van der Waals surface area contributed by atoms with Crippen molar-refractivity contribution in [2.75, 3.05) is 17.2 Å². The van der Waals surface area contributed by atoms with Gasteiger partial charge in [-0.25, -0.2) is 0 Å². The number of nitrogens with two attached hydrogens (primary N) is 1. The average Bonchev–Trinajstić information content (AvgIpc) is 2.35. The molecule has 0 fully saturated rings. The number of hydrogen-bond acceptors (Lipinski definition) is 3. The number of amidine groups is 1. The first-order valence-electron chi connectivity index (χ1n) is 7.25. The van der Waals surface area contributed by atoms with Crippen molar-refractivity contribution in [2.24, 2.45) is 11.7 Å². The fourth-order valence-corrected chi connectivity index (χ4v) is 3.13. The first-order valence-corrected chi connectivity index (χ1v) is 8.23. The predicted molar refractivity (Wildman–Crippen MR) is 91.2 cm³/mol. The Morgan fingerprint density at radius 2 is 1.95 bits per heavy atom. The predicted octanol–water partition coefficient (Wildman–Crippen LogP) is 3.95. The van der Waals surface area contributed by atoms with E-state index in [0.29, 0.717) is 12.0 Å². The number of thioether (sulfide) groups is 1. The van der Waals surface area contributed by atoms with Gasteiger partial charge in [-0.05, 0) is 37.7 Å².